The topological polar surface area (TPSA) is 80.9 Å². The molecule has 0 unspecified atom stereocenters. The molecule has 0 saturated carbocycles. The number of nitrogens with two attached hydrogens (primary N) is 1. The third-order valence-corrected chi connectivity index (χ3v) is 2.40. The monoisotopic (exact) mass is 262 g/mol. The maximum atomic E-state index is 11.7. The van der Waals surface area contributed by atoms with E-state index < -0.39 is 0 Å². The first-order valence-electron chi connectivity index (χ1n) is 5.26. The number of aromatic nitrogens is 2. The molecule has 0 radical (unpaired) electrons. The Bertz CT molecular complexity index is 524. The van der Waals surface area contributed by atoms with Crippen molar-refractivity contribution in [3.05, 3.63) is 47.2 Å². The number of halogens is 1. The van der Waals surface area contributed by atoms with Gasteiger partial charge in [0.05, 0.1) is 6.42 Å². The van der Waals surface area contributed by atoms with Crippen LogP contribution in [0.4, 0.5) is 11.6 Å². The first-order chi connectivity index (χ1) is 8.63. The zero-order valence-corrected chi connectivity index (χ0v) is 10.2. The second-order valence-electron chi connectivity index (χ2n) is 3.67. The largest absolute Gasteiger partial charge is 0.399 e. The van der Waals surface area contributed by atoms with Crippen molar-refractivity contribution in [1.29, 1.82) is 0 Å². The van der Waals surface area contributed by atoms with Gasteiger partial charge in [-0.2, -0.15) is 0 Å². The summed E-state index contributed by atoms with van der Waals surface area (Å²) in [4.78, 5) is 19.5. The Hall–Kier alpha value is -2.14. The molecule has 0 aliphatic rings. The van der Waals surface area contributed by atoms with Crippen LogP contribution >= 0.6 is 11.6 Å². The van der Waals surface area contributed by atoms with E-state index in [1.165, 1.54) is 12.3 Å². The number of carbonyl (C=O) groups is 1. The molecule has 1 amide bonds. The van der Waals surface area contributed by atoms with Gasteiger partial charge in [0.15, 0.2) is 0 Å². The Balaban J connectivity index is 2.01. The van der Waals surface area contributed by atoms with Crippen LogP contribution in [0, 0.1) is 0 Å². The predicted molar refractivity (Wildman–Crippen MR) is 70.2 cm³/mol. The quantitative estimate of drug-likeness (QED) is 0.654. The highest BCUT2D eigenvalue weighted by Crippen LogP contribution is 2.09. The maximum Gasteiger partial charge on any atom is 0.231 e. The van der Waals surface area contributed by atoms with Crippen LogP contribution in [0.5, 0.6) is 0 Å². The Morgan fingerprint density at radius 2 is 2.22 bits per heavy atom. The summed E-state index contributed by atoms with van der Waals surface area (Å²) in [7, 11) is 0. The van der Waals surface area contributed by atoms with E-state index >= 15 is 0 Å². The minimum atomic E-state index is -0.220. The molecule has 0 fully saturated rings. The lowest BCUT2D eigenvalue weighted by atomic mass is 10.1. The highest BCUT2D eigenvalue weighted by molar-refractivity contribution is 6.29. The summed E-state index contributed by atoms with van der Waals surface area (Å²) in [6.07, 6.45) is 1.69. The van der Waals surface area contributed by atoms with Crippen LogP contribution < -0.4 is 11.1 Å². The van der Waals surface area contributed by atoms with Gasteiger partial charge in [0, 0.05) is 11.9 Å². The van der Waals surface area contributed by atoms with Crippen LogP contribution in [0.25, 0.3) is 0 Å². The van der Waals surface area contributed by atoms with Crippen LogP contribution in [0.1, 0.15) is 5.56 Å². The predicted octanol–water partition coefficient (Wildman–Crippen LogP) is 1.89. The van der Waals surface area contributed by atoms with E-state index in [0.29, 0.717) is 5.69 Å². The summed E-state index contributed by atoms with van der Waals surface area (Å²) in [5, 5.41) is 2.85. The fraction of sp³-hybridized carbons (Fsp3) is 0.0833. The molecule has 1 aromatic carbocycles. The van der Waals surface area contributed by atoms with Crippen molar-refractivity contribution in [2.24, 2.45) is 0 Å². The molecule has 1 heterocycles. The summed E-state index contributed by atoms with van der Waals surface area (Å²) in [5.41, 5.74) is 7.09. The summed E-state index contributed by atoms with van der Waals surface area (Å²) < 4.78 is 0. The van der Waals surface area contributed by atoms with Crippen molar-refractivity contribution in [3.8, 4) is 0 Å². The van der Waals surface area contributed by atoms with Crippen molar-refractivity contribution in [2.45, 2.75) is 6.42 Å². The van der Waals surface area contributed by atoms with Crippen LogP contribution in [-0.4, -0.2) is 15.9 Å². The summed E-state index contributed by atoms with van der Waals surface area (Å²) in [5.74, 6) is -0.0285. The second-order valence-corrected chi connectivity index (χ2v) is 4.06. The van der Waals surface area contributed by atoms with E-state index in [4.69, 9.17) is 17.3 Å². The van der Waals surface area contributed by atoms with Gasteiger partial charge < -0.3 is 5.73 Å². The highest BCUT2D eigenvalue weighted by atomic mass is 35.5. The molecule has 1 aromatic heterocycles. The first-order valence-corrected chi connectivity index (χ1v) is 5.64. The van der Waals surface area contributed by atoms with Gasteiger partial charge >= 0.3 is 0 Å². The second kappa shape index (κ2) is 5.46. The normalized spacial score (nSPS) is 10.1. The van der Waals surface area contributed by atoms with E-state index in [9.17, 15) is 4.79 Å². The Morgan fingerprint density at radius 3 is 2.94 bits per heavy atom. The fourth-order valence-electron chi connectivity index (χ4n) is 1.45. The lowest BCUT2D eigenvalue weighted by molar-refractivity contribution is -0.115. The van der Waals surface area contributed by atoms with Crippen molar-refractivity contribution < 1.29 is 4.79 Å². The lowest BCUT2D eigenvalue weighted by Crippen LogP contribution is -2.16. The van der Waals surface area contributed by atoms with E-state index in [1.54, 1.807) is 18.2 Å². The number of hydrogen-bond donors (Lipinski definition) is 2. The Kier molecular flexibility index (Phi) is 3.74. The third kappa shape index (κ3) is 3.43. The molecule has 0 aliphatic heterocycles. The summed E-state index contributed by atoms with van der Waals surface area (Å²) in [6, 6.07) is 8.68. The van der Waals surface area contributed by atoms with Crippen LogP contribution in [0.2, 0.25) is 5.15 Å². The standard InChI is InChI=1S/C12H11ClN4O/c13-10-4-5-15-12(16-10)17-11(18)7-8-2-1-3-9(14)6-8/h1-6H,7,14H2,(H,15,16,17,18). The number of nitrogens with one attached hydrogen (secondary N) is 1. The average Bonchev–Trinajstić information content (AvgIpc) is 2.28. The van der Waals surface area contributed by atoms with Gasteiger partial charge in [0.1, 0.15) is 5.15 Å². The molecule has 2 aromatic rings. The smallest absolute Gasteiger partial charge is 0.231 e. The minimum absolute atomic E-state index is 0.191. The highest BCUT2D eigenvalue weighted by Gasteiger charge is 2.06. The molecule has 0 saturated heterocycles. The number of amides is 1. The fourth-order valence-corrected chi connectivity index (χ4v) is 1.59. The van der Waals surface area contributed by atoms with Crippen molar-refractivity contribution in [2.75, 3.05) is 11.1 Å². The average molecular weight is 263 g/mol. The minimum Gasteiger partial charge on any atom is -0.399 e. The van der Waals surface area contributed by atoms with E-state index in [-0.39, 0.29) is 23.4 Å². The van der Waals surface area contributed by atoms with Gasteiger partial charge in [-0.25, -0.2) is 9.97 Å². The molecule has 0 bridgehead atoms. The molecule has 2 rings (SSSR count). The number of benzene rings is 1. The number of hydrogen-bond acceptors (Lipinski definition) is 4. The van der Waals surface area contributed by atoms with Gasteiger partial charge in [-0.3, -0.25) is 10.1 Å². The molecule has 3 N–H and O–H groups in total. The van der Waals surface area contributed by atoms with Crippen molar-refractivity contribution >= 4 is 29.1 Å². The van der Waals surface area contributed by atoms with Crippen molar-refractivity contribution in [3.63, 3.8) is 0 Å². The zero-order chi connectivity index (χ0) is 13.0. The van der Waals surface area contributed by atoms with Crippen LogP contribution in [-0.2, 0) is 11.2 Å². The first kappa shape index (κ1) is 12.3. The SMILES string of the molecule is Nc1cccc(CC(=O)Nc2nccc(Cl)n2)c1. The van der Waals surface area contributed by atoms with E-state index in [2.05, 4.69) is 15.3 Å². The van der Waals surface area contributed by atoms with Gasteiger partial charge in [-0.1, -0.05) is 23.7 Å². The number of nitrogen functional groups attached to an aromatic ring is 1. The molecule has 0 atom stereocenters. The number of anilines is 2. The lowest BCUT2D eigenvalue weighted by Gasteiger charge is -2.04. The number of nitrogens with zero attached hydrogens (tertiary/aromatic N) is 2. The van der Waals surface area contributed by atoms with Crippen LogP contribution in [0.15, 0.2) is 36.5 Å². The number of rotatable bonds is 3. The zero-order valence-electron chi connectivity index (χ0n) is 9.43. The summed E-state index contributed by atoms with van der Waals surface area (Å²) in [6.45, 7) is 0. The molecular formula is C12H11ClN4O. The molecule has 0 spiro atoms. The molecule has 92 valence electrons. The van der Waals surface area contributed by atoms with E-state index in [1.807, 2.05) is 6.07 Å². The number of carbonyl (C=O) groups excluding carboxylic acids is 1. The molecule has 6 heteroatoms. The molecule has 5 nitrogen and oxygen atoms in total. The van der Waals surface area contributed by atoms with Gasteiger partial charge in [0.2, 0.25) is 11.9 Å². The van der Waals surface area contributed by atoms with E-state index in [0.717, 1.165) is 5.56 Å². The Labute approximate surface area is 109 Å². The van der Waals surface area contributed by atoms with Gasteiger partial charge in [-0.05, 0) is 23.8 Å². The van der Waals surface area contributed by atoms with Gasteiger partial charge in [-0.15, -0.1) is 0 Å². The van der Waals surface area contributed by atoms with Crippen LogP contribution in [0.3, 0.4) is 0 Å². The molecule has 18 heavy (non-hydrogen) atoms. The molecular weight excluding hydrogens is 252 g/mol. The molecule has 0 aliphatic carbocycles. The van der Waals surface area contributed by atoms with Gasteiger partial charge in [0.25, 0.3) is 0 Å². The maximum absolute atomic E-state index is 11.7. The van der Waals surface area contributed by atoms with Crippen molar-refractivity contribution in [1.82, 2.24) is 9.97 Å². The summed E-state index contributed by atoms with van der Waals surface area (Å²) >= 11 is 5.69. The third-order valence-electron chi connectivity index (χ3n) is 2.19. The Morgan fingerprint density at radius 1 is 1.39 bits per heavy atom.